The molecular formula is C21H25FN2O2. The van der Waals surface area contributed by atoms with Crippen molar-refractivity contribution in [2.75, 3.05) is 6.54 Å². The van der Waals surface area contributed by atoms with Crippen molar-refractivity contribution in [2.24, 2.45) is 22.9 Å². The first kappa shape index (κ1) is 16.3. The maximum Gasteiger partial charge on any atom is 0.267 e. The third-order valence-electron chi connectivity index (χ3n) is 6.72. The van der Waals surface area contributed by atoms with Crippen molar-refractivity contribution in [2.45, 2.75) is 57.1 Å². The molecule has 4 nitrogen and oxygen atoms in total. The second-order valence-corrected chi connectivity index (χ2v) is 8.68. The van der Waals surface area contributed by atoms with Crippen molar-refractivity contribution in [3.05, 3.63) is 35.6 Å². The summed E-state index contributed by atoms with van der Waals surface area (Å²) in [6.45, 7) is 0.906. The number of fused-ring (bicyclic) bond motifs is 1. The number of hydrogen-bond acceptors (Lipinski definition) is 3. The maximum absolute atomic E-state index is 13.1. The van der Waals surface area contributed by atoms with E-state index >= 15 is 0 Å². The lowest BCUT2D eigenvalue weighted by atomic mass is 9.68. The van der Waals surface area contributed by atoms with Gasteiger partial charge in [0.2, 0.25) is 6.10 Å². The van der Waals surface area contributed by atoms with E-state index in [0.717, 1.165) is 29.7 Å². The van der Waals surface area contributed by atoms with Gasteiger partial charge in [0, 0.05) is 25.4 Å². The first-order chi connectivity index (χ1) is 12.6. The van der Waals surface area contributed by atoms with Gasteiger partial charge in [-0.25, -0.2) is 4.39 Å². The van der Waals surface area contributed by atoms with E-state index < -0.39 is 6.10 Å². The topological polar surface area (TPSA) is 41.9 Å². The van der Waals surface area contributed by atoms with Gasteiger partial charge in [0.1, 0.15) is 5.82 Å². The molecule has 5 aliphatic rings. The second kappa shape index (κ2) is 6.36. The fourth-order valence-electron chi connectivity index (χ4n) is 5.74. The van der Waals surface area contributed by atoms with Crippen LogP contribution in [0.5, 0.6) is 0 Å². The first-order valence-electron chi connectivity index (χ1n) is 9.90. The van der Waals surface area contributed by atoms with Crippen LogP contribution in [0.15, 0.2) is 29.4 Å². The summed E-state index contributed by atoms with van der Waals surface area (Å²) in [5.74, 6) is 2.21. The summed E-state index contributed by atoms with van der Waals surface area (Å²) >= 11 is 0. The average Bonchev–Trinajstić information content (AvgIpc) is 2.99. The van der Waals surface area contributed by atoms with Gasteiger partial charge in [-0.1, -0.05) is 17.3 Å². The van der Waals surface area contributed by atoms with E-state index in [1.165, 1.54) is 44.2 Å². The van der Waals surface area contributed by atoms with Crippen LogP contribution in [0.1, 0.15) is 44.1 Å². The third-order valence-corrected chi connectivity index (χ3v) is 6.72. The molecule has 3 atom stereocenters. The van der Waals surface area contributed by atoms with Crippen molar-refractivity contribution in [1.29, 1.82) is 0 Å². The highest BCUT2D eigenvalue weighted by atomic mass is 19.1. The Balaban J connectivity index is 1.24. The Morgan fingerprint density at radius 2 is 1.77 bits per heavy atom. The number of hydrogen-bond donors (Lipinski definition) is 0. The summed E-state index contributed by atoms with van der Waals surface area (Å²) in [6, 6.07) is 6.84. The Morgan fingerprint density at radius 3 is 2.50 bits per heavy atom. The van der Waals surface area contributed by atoms with E-state index in [9.17, 15) is 9.18 Å². The molecule has 3 aliphatic heterocycles. The van der Waals surface area contributed by atoms with Gasteiger partial charge in [0.15, 0.2) is 0 Å². The zero-order valence-corrected chi connectivity index (χ0v) is 14.9. The molecule has 1 aromatic rings. The van der Waals surface area contributed by atoms with Gasteiger partial charge in [-0.15, -0.1) is 0 Å². The van der Waals surface area contributed by atoms with E-state index in [0.29, 0.717) is 24.8 Å². The maximum atomic E-state index is 13.1. The number of halogens is 1. The summed E-state index contributed by atoms with van der Waals surface area (Å²) < 4.78 is 13.0. The molecule has 3 unspecified atom stereocenters. The molecule has 1 aromatic carbocycles. The number of oxime groups is 1. The van der Waals surface area contributed by atoms with Gasteiger partial charge in [0.05, 0.1) is 5.71 Å². The Bertz CT molecular complexity index is 718. The van der Waals surface area contributed by atoms with Crippen LogP contribution >= 0.6 is 0 Å². The van der Waals surface area contributed by atoms with E-state index in [1.807, 2.05) is 0 Å². The smallest absolute Gasteiger partial charge is 0.267 e. The summed E-state index contributed by atoms with van der Waals surface area (Å²) in [4.78, 5) is 20.8. The lowest BCUT2D eigenvalue weighted by Gasteiger charge is -2.39. The van der Waals surface area contributed by atoms with Crippen LogP contribution in [-0.2, 0) is 16.1 Å². The Labute approximate surface area is 153 Å². The van der Waals surface area contributed by atoms with Gasteiger partial charge in [-0.2, -0.15) is 0 Å². The van der Waals surface area contributed by atoms with Gasteiger partial charge in [-0.3, -0.25) is 4.79 Å². The molecule has 0 spiro atoms. The largest absolute Gasteiger partial charge is 0.382 e. The summed E-state index contributed by atoms with van der Waals surface area (Å²) in [5.41, 5.74) is 1.86. The molecule has 0 aromatic heterocycles. The molecule has 0 radical (unpaired) electrons. The molecule has 4 fully saturated rings. The Morgan fingerprint density at radius 1 is 1.08 bits per heavy atom. The van der Waals surface area contributed by atoms with Crippen molar-refractivity contribution in [3.8, 4) is 0 Å². The number of amides is 1. The van der Waals surface area contributed by atoms with E-state index in [-0.39, 0.29) is 11.7 Å². The Kier molecular flexibility index (Phi) is 3.98. The number of carbonyl (C=O) groups is 1. The number of carbonyl (C=O) groups excluding carboxylic acids is 1. The number of rotatable bonds is 3. The fraction of sp³-hybridized carbons (Fsp3) is 0.619. The molecule has 2 saturated carbocycles. The molecule has 5 heteroatoms. The zero-order valence-electron chi connectivity index (χ0n) is 14.9. The second-order valence-electron chi connectivity index (χ2n) is 8.68. The lowest BCUT2D eigenvalue weighted by Crippen LogP contribution is -2.46. The van der Waals surface area contributed by atoms with E-state index in [4.69, 9.17) is 4.84 Å². The quantitative estimate of drug-likeness (QED) is 0.831. The average molecular weight is 356 g/mol. The zero-order chi connectivity index (χ0) is 17.7. The standard InChI is InChI=1S/C21H25FN2O2/c22-17-3-1-13(2-4-17)8-18-11-20(26-23-18)21(25)24-12-16-6-14-5-15(7-16)10-19(24)9-14/h1-4,14-16,19-20H,5-12H2. The van der Waals surface area contributed by atoms with Crippen LogP contribution < -0.4 is 0 Å². The Hall–Kier alpha value is -1.91. The number of benzene rings is 1. The van der Waals surface area contributed by atoms with Crippen molar-refractivity contribution < 1.29 is 14.0 Å². The molecule has 4 bridgehead atoms. The summed E-state index contributed by atoms with van der Waals surface area (Å²) in [7, 11) is 0. The highest BCUT2D eigenvalue weighted by Gasteiger charge is 2.46. The molecular weight excluding hydrogens is 331 g/mol. The molecule has 3 heterocycles. The molecule has 1 amide bonds. The molecule has 26 heavy (non-hydrogen) atoms. The number of nitrogens with zero attached hydrogens (tertiary/aromatic N) is 2. The van der Waals surface area contributed by atoms with Crippen LogP contribution in [0.4, 0.5) is 4.39 Å². The monoisotopic (exact) mass is 356 g/mol. The molecule has 138 valence electrons. The van der Waals surface area contributed by atoms with Crippen molar-refractivity contribution in [1.82, 2.24) is 4.90 Å². The van der Waals surface area contributed by atoms with E-state index in [2.05, 4.69) is 10.1 Å². The highest BCUT2D eigenvalue weighted by Crippen LogP contribution is 2.47. The van der Waals surface area contributed by atoms with Crippen LogP contribution in [0, 0.1) is 23.6 Å². The van der Waals surface area contributed by atoms with Gasteiger partial charge in [0.25, 0.3) is 5.91 Å². The minimum Gasteiger partial charge on any atom is -0.382 e. The van der Waals surface area contributed by atoms with Crippen molar-refractivity contribution >= 4 is 11.6 Å². The van der Waals surface area contributed by atoms with Gasteiger partial charge < -0.3 is 9.74 Å². The molecule has 0 N–H and O–H groups in total. The van der Waals surface area contributed by atoms with Gasteiger partial charge >= 0.3 is 0 Å². The molecule has 2 aliphatic carbocycles. The van der Waals surface area contributed by atoms with Gasteiger partial charge in [-0.05, 0) is 67.6 Å². The highest BCUT2D eigenvalue weighted by molar-refractivity contribution is 5.94. The molecule has 2 saturated heterocycles. The lowest BCUT2D eigenvalue weighted by molar-refractivity contribution is -0.145. The summed E-state index contributed by atoms with van der Waals surface area (Å²) in [5, 5.41) is 4.16. The first-order valence-corrected chi connectivity index (χ1v) is 9.90. The minimum absolute atomic E-state index is 0.126. The normalized spacial score (nSPS) is 35.2. The summed E-state index contributed by atoms with van der Waals surface area (Å²) in [6.07, 6.45) is 7.02. The third kappa shape index (κ3) is 3.01. The minimum atomic E-state index is -0.471. The van der Waals surface area contributed by atoms with Crippen LogP contribution in [0.3, 0.4) is 0 Å². The van der Waals surface area contributed by atoms with Crippen LogP contribution in [0.25, 0.3) is 0 Å². The van der Waals surface area contributed by atoms with Crippen LogP contribution in [-0.4, -0.2) is 35.2 Å². The fourth-order valence-corrected chi connectivity index (χ4v) is 5.74. The van der Waals surface area contributed by atoms with Crippen molar-refractivity contribution in [3.63, 3.8) is 0 Å². The molecule has 6 rings (SSSR count). The van der Waals surface area contributed by atoms with E-state index in [1.54, 1.807) is 12.1 Å². The SMILES string of the molecule is O=C(C1CC(Cc2ccc(F)cc2)=NO1)N1CC2CC3CC(C2)CC1C3. The predicted molar refractivity (Wildman–Crippen MR) is 96.1 cm³/mol. The van der Waals surface area contributed by atoms with Crippen LogP contribution in [0.2, 0.25) is 0 Å². The predicted octanol–water partition coefficient (Wildman–Crippen LogP) is 3.55.